The lowest BCUT2D eigenvalue weighted by Gasteiger charge is -2.18. The maximum absolute atomic E-state index is 12.9. The number of alkyl halides is 3. The monoisotopic (exact) mass is 516 g/mol. The summed E-state index contributed by atoms with van der Waals surface area (Å²) in [7, 11) is -4.34. The van der Waals surface area contributed by atoms with Gasteiger partial charge in [0.15, 0.2) is 0 Å². The Morgan fingerprint density at radius 2 is 1.55 bits per heavy atom. The summed E-state index contributed by atoms with van der Waals surface area (Å²) in [4.78, 5) is 1.64. The van der Waals surface area contributed by atoms with Crippen molar-refractivity contribution in [2.75, 3.05) is 24.4 Å². The first-order chi connectivity index (χ1) is 14.4. The van der Waals surface area contributed by atoms with Gasteiger partial charge in [0.2, 0.25) is 0 Å². The van der Waals surface area contributed by atoms with Crippen molar-refractivity contribution in [2.45, 2.75) is 37.8 Å². The number of hydrogen-bond acceptors (Lipinski definition) is 3. The number of nitrogens with one attached hydrogen (secondary N) is 1. The van der Waals surface area contributed by atoms with Crippen molar-refractivity contribution in [1.29, 1.82) is 0 Å². The van der Waals surface area contributed by atoms with Gasteiger partial charge in [0.1, 0.15) is 4.90 Å². The number of rotatable bonds is 9. The van der Waals surface area contributed by atoms with Crippen LogP contribution in [0.4, 0.5) is 18.9 Å². The normalized spacial score (nSPS) is 12.4. The summed E-state index contributed by atoms with van der Waals surface area (Å²) in [5.41, 5.74) is -0.184. The Morgan fingerprint density at radius 3 is 2.06 bits per heavy atom. The quantitative estimate of drug-likeness (QED) is 0.401. The van der Waals surface area contributed by atoms with Crippen LogP contribution in [0.25, 0.3) is 0 Å². The molecule has 0 bridgehead atoms. The molecule has 0 aliphatic rings. The maximum atomic E-state index is 12.9. The second-order valence-electron chi connectivity index (χ2n) is 6.81. The van der Waals surface area contributed by atoms with Gasteiger partial charge in [0.25, 0.3) is 10.0 Å². The minimum atomic E-state index is -4.71. The molecule has 4 nitrogen and oxygen atoms in total. The molecule has 0 fully saturated rings. The van der Waals surface area contributed by atoms with Gasteiger partial charge >= 0.3 is 6.18 Å². The Kier molecular flexibility index (Phi) is 8.93. The molecule has 0 aliphatic carbocycles. The number of benzene rings is 2. The standard InChI is InChI=1S/C20H22Cl3F3N2O2S/c1-3-28(4-2)9-5-6-13-10-15(7-8-16(13)21)27-31(29,30)19-17(22)11-14(12-18(19)23)20(24,25)26/h7-8,10-12,27H,3-6,9H2,1-2H3. The van der Waals surface area contributed by atoms with Gasteiger partial charge in [-0.25, -0.2) is 8.42 Å². The summed E-state index contributed by atoms with van der Waals surface area (Å²) in [6.07, 6.45) is -3.25. The average Bonchev–Trinajstić information content (AvgIpc) is 2.65. The van der Waals surface area contributed by atoms with Gasteiger partial charge < -0.3 is 4.90 Å². The van der Waals surface area contributed by atoms with Gasteiger partial charge in [-0.05, 0) is 68.4 Å². The van der Waals surface area contributed by atoms with E-state index in [9.17, 15) is 21.6 Å². The van der Waals surface area contributed by atoms with Crippen LogP contribution in [-0.2, 0) is 22.6 Å². The number of hydrogen-bond donors (Lipinski definition) is 1. The average molecular weight is 518 g/mol. The molecule has 2 rings (SSSR count). The molecule has 0 aliphatic heterocycles. The summed E-state index contributed by atoms with van der Waals surface area (Å²) >= 11 is 17.9. The van der Waals surface area contributed by atoms with E-state index in [1.165, 1.54) is 6.07 Å². The van der Waals surface area contributed by atoms with Crippen molar-refractivity contribution in [3.63, 3.8) is 0 Å². The highest BCUT2D eigenvalue weighted by molar-refractivity contribution is 7.93. The van der Waals surface area contributed by atoms with Gasteiger partial charge in [0, 0.05) is 10.7 Å². The first kappa shape index (κ1) is 26.1. The highest BCUT2D eigenvalue weighted by Gasteiger charge is 2.34. The van der Waals surface area contributed by atoms with Gasteiger partial charge in [-0.1, -0.05) is 48.7 Å². The Labute approximate surface area is 195 Å². The van der Waals surface area contributed by atoms with Crippen LogP contribution in [0, 0.1) is 0 Å². The predicted molar refractivity (Wildman–Crippen MR) is 120 cm³/mol. The van der Waals surface area contributed by atoms with E-state index in [0.29, 0.717) is 23.6 Å². The van der Waals surface area contributed by atoms with Crippen molar-refractivity contribution >= 4 is 50.5 Å². The number of nitrogens with zero attached hydrogens (tertiary/aromatic N) is 1. The zero-order valence-electron chi connectivity index (χ0n) is 16.9. The van der Waals surface area contributed by atoms with E-state index >= 15 is 0 Å². The highest BCUT2D eigenvalue weighted by Crippen LogP contribution is 2.38. The molecule has 0 atom stereocenters. The Hall–Kier alpha value is -1.19. The lowest BCUT2D eigenvalue weighted by atomic mass is 10.1. The molecule has 0 saturated carbocycles. The molecule has 31 heavy (non-hydrogen) atoms. The number of sulfonamides is 1. The first-order valence-corrected chi connectivity index (χ1v) is 12.1. The molecule has 0 saturated heterocycles. The van der Waals surface area contributed by atoms with E-state index in [-0.39, 0.29) is 5.69 Å². The summed E-state index contributed by atoms with van der Waals surface area (Å²) in [6, 6.07) is 5.67. The lowest BCUT2D eigenvalue weighted by Crippen LogP contribution is -2.24. The van der Waals surface area contributed by atoms with Gasteiger partial charge in [-0.2, -0.15) is 13.2 Å². The lowest BCUT2D eigenvalue weighted by molar-refractivity contribution is -0.137. The topological polar surface area (TPSA) is 49.4 Å². The van der Waals surface area contributed by atoms with E-state index in [2.05, 4.69) is 23.5 Å². The van der Waals surface area contributed by atoms with Crippen LogP contribution in [0.15, 0.2) is 35.2 Å². The SMILES string of the molecule is CCN(CC)CCCc1cc(NS(=O)(=O)c2c(Cl)cc(C(F)(F)F)cc2Cl)ccc1Cl. The van der Waals surface area contributed by atoms with Crippen LogP contribution in [-0.4, -0.2) is 33.0 Å². The molecular weight excluding hydrogens is 496 g/mol. The molecule has 2 aromatic carbocycles. The molecular formula is C20H22Cl3F3N2O2S. The summed E-state index contributed by atoms with van der Waals surface area (Å²) in [5.74, 6) is 0. The third-order valence-corrected chi connectivity index (χ3v) is 7.38. The molecule has 0 aromatic heterocycles. The zero-order chi connectivity index (χ0) is 23.4. The smallest absolute Gasteiger partial charge is 0.304 e. The molecule has 0 spiro atoms. The highest BCUT2D eigenvalue weighted by atomic mass is 35.5. The maximum Gasteiger partial charge on any atom is 0.416 e. The molecule has 0 amide bonds. The predicted octanol–water partition coefficient (Wildman–Crippen LogP) is 6.74. The largest absolute Gasteiger partial charge is 0.416 e. The van der Waals surface area contributed by atoms with Crippen LogP contribution >= 0.6 is 34.8 Å². The second kappa shape index (κ2) is 10.6. The first-order valence-electron chi connectivity index (χ1n) is 9.48. The molecule has 0 heterocycles. The molecule has 172 valence electrons. The van der Waals surface area contributed by atoms with Crippen molar-refractivity contribution in [2.24, 2.45) is 0 Å². The van der Waals surface area contributed by atoms with Crippen LogP contribution < -0.4 is 4.72 Å². The molecule has 0 unspecified atom stereocenters. The molecule has 1 N–H and O–H groups in total. The minimum absolute atomic E-state index is 0.203. The number of aryl methyl sites for hydroxylation is 1. The van der Waals surface area contributed by atoms with Crippen LogP contribution in [0.2, 0.25) is 15.1 Å². The molecule has 11 heteroatoms. The second-order valence-corrected chi connectivity index (χ2v) is 9.65. The van der Waals surface area contributed by atoms with Crippen molar-refractivity contribution in [3.8, 4) is 0 Å². The van der Waals surface area contributed by atoms with E-state index in [1.54, 1.807) is 12.1 Å². The number of halogens is 6. The van der Waals surface area contributed by atoms with Crippen LogP contribution in [0.5, 0.6) is 0 Å². The molecule has 0 radical (unpaired) electrons. The molecule has 2 aromatic rings. The third kappa shape index (κ3) is 6.89. The van der Waals surface area contributed by atoms with Crippen molar-refractivity contribution < 1.29 is 21.6 Å². The summed E-state index contributed by atoms with van der Waals surface area (Å²) < 4.78 is 66.6. The van der Waals surface area contributed by atoms with Crippen LogP contribution in [0.1, 0.15) is 31.4 Å². The van der Waals surface area contributed by atoms with E-state index in [4.69, 9.17) is 34.8 Å². The van der Waals surface area contributed by atoms with Crippen LogP contribution in [0.3, 0.4) is 0 Å². The number of anilines is 1. The van der Waals surface area contributed by atoms with Crippen molar-refractivity contribution in [1.82, 2.24) is 4.90 Å². The van der Waals surface area contributed by atoms with E-state index < -0.39 is 36.7 Å². The van der Waals surface area contributed by atoms with E-state index in [0.717, 1.165) is 31.6 Å². The van der Waals surface area contributed by atoms with E-state index in [1.807, 2.05) is 0 Å². The van der Waals surface area contributed by atoms with Gasteiger partial charge in [-0.3, -0.25) is 4.72 Å². The van der Waals surface area contributed by atoms with Crippen molar-refractivity contribution in [3.05, 3.63) is 56.5 Å². The summed E-state index contributed by atoms with van der Waals surface area (Å²) in [6.45, 7) is 6.88. The third-order valence-electron chi connectivity index (χ3n) is 4.71. The summed E-state index contributed by atoms with van der Waals surface area (Å²) in [5, 5.41) is -0.755. The van der Waals surface area contributed by atoms with Gasteiger partial charge in [0.05, 0.1) is 15.6 Å². The zero-order valence-corrected chi connectivity index (χ0v) is 19.9. The Balaban J connectivity index is 2.26. The van der Waals surface area contributed by atoms with Gasteiger partial charge in [-0.15, -0.1) is 0 Å². The Morgan fingerprint density at radius 1 is 0.968 bits per heavy atom. The fourth-order valence-corrected chi connectivity index (χ4v) is 5.53. The Bertz CT molecular complexity index is 1000. The fourth-order valence-electron chi connectivity index (χ4n) is 3.05. The minimum Gasteiger partial charge on any atom is -0.304 e. The fraction of sp³-hybridized carbons (Fsp3) is 0.400.